The highest BCUT2D eigenvalue weighted by Gasteiger charge is 2.08. The van der Waals surface area contributed by atoms with Crippen LogP contribution in [0.25, 0.3) is 0 Å². The lowest BCUT2D eigenvalue weighted by molar-refractivity contribution is 0.301. The monoisotopic (exact) mass is 269 g/mol. The van der Waals surface area contributed by atoms with Crippen LogP contribution in [0.2, 0.25) is 0 Å². The minimum absolute atomic E-state index is 0.0235. The van der Waals surface area contributed by atoms with E-state index in [-0.39, 0.29) is 6.04 Å². The van der Waals surface area contributed by atoms with Gasteiger partial charge in [0.05, 0.1) is 0 Å². The van der Waals surface area contributed by atoms with Crippen molar-refractivity contribution in [3.63, 3.8) is 0 Å². The van der Waals surface area contributed by atoms with Gasteiger partial charge in [-0.1, -0.05) is 35.9 Å². The van der Waals surface area contributed by atoms with Crippen molar-refractivity contribution in [1.29, 1.82) is 0 Å². The molecule has 0 amide bonds. The molecule has 0 heterocycles. The molecule has 0 bridgehead atoms. The van der Waals surface area contributed by atoms with E-state index in [0.717, 1.165) is 11.3 Å². The van der Waals surface area contributed by atoms with Crippen LogP contribution < -0.4 is 10.5 Å². The lowest BCUT2D eigenvalue weighted by Gasteiger charge is -2.15. The Bertz CT molecular complexity index is 602. The van der Waals surface area contributed by atoms with Gasteiger partial charge in [0.25, 0.3) is 0 Å². The van der Waals surface area contributed by atoms with Crippen molar-refractivity contribution in [1.82, 2.24) is 0 Å². The van der Waals surface area contributed by atoms with Crippen LogP contribution in [0.4, 0.5) is 0 Å². The molecule has 0 fully saturated rings. The normalized spacial score (nSPS) is 12.2. The fourth-order valence-corrected chi connectivity index (χ4v) is 2.21. The van der Waals surface area contributed by atoms with Crippen molar-refractivity contribution in [2.45, 2.75) is 40.3 Å². The first-order chi connectivity index (χ1) is 9.47. The molecule has 0 radical (unpaired) electrons. The quantitative estimate of drug-likeness (QED) is 0.902. The Morgan fingerprint density at radius 2 is 1.75 bits per heavy atom. The topological polar surface area (TPSA) is 35.2 Å². The summed E-state index contributed by atoms with van der Waals surface area (Å²) in [6.07, 6.45) is 0. The molecular weight excluding hydrogens is 246 g/mol. The molecular formula is C18H23NO. The molecule has 0 saturated carbocycles. The lowest BCUT2D eigenvalue weighted by Crippen LogP contribution is -2.08. The number of ether oxygens (including phenoxy) is 1. The average molecular weight is 269 g/mol. The van der Waals surface area contributed by atoms with Crippen molar-refractivity contribution in [2.24, 2.45) is 5.73 Å². The molecule has 1 unspecified atom stereocenters. The van der Waals surface area contributed by atoms with Crippen molar-refractivity contribution < 1.29 is 4.74 Å². The molecule has 2 N–H and O–H groups in total. The fourth-order valence-electron chi connectivity index (χ4n) is 2.21. The van der Waals surface area contributed by atoms with Crippen molar-refractivity contribution in [3.05, 3.63) is 64.2 Å². The van der Waals surface area contributed by atoms with Crippen LogP contribution in [-0.4, -0.2) is 0 Å². The Balaban J connectivity index is 2.16. The summed E-state index contributed by atoms with van der Waals surface area (Å²) in [6.45, 7) is 8.87. The maximum Gasteiger partial charge on any atom is 0.124 e. The molecule has 0 aromatic heterocycles. The van der Waals surface area contributed by atoms with E-state index in [4.69, 9.17) is 10.5 Å². The van der Waals surface area contributed by atoms with Gasteiger partial charge in [0.15, 0.2) is 0 Å². The number of aryl methyl sites for hydroxylation is 3. The zero-order chi connectivity index (χ0) is 14.7. The average Bonchev–Trinajstić information content (AvgIpc) is 2.41. The van der Waals surface area contributed by atoms with Crippen molar-refractivity contribution in [3.8, 4) is 5.75 Å². The molecule has 2 rings (SSSR count). The van der Waals surface area contributed by atoms with Gasteiger partial charge in [-0.15, -0.1) is 0 Å². The van der Waals surface area contributed by atoms with E-state index in [1.165, 1.54) is 22.3 Å². The number of benzene rings is 2. The zero-order valence-electron chi connectivity index (χ0n) is 12.7. The maximum atomic E-state index is 6.02. The van der Waals surface area contributed by atoms with E-state index >= 15 is 0 Å². The van der Waals surface area contributed by atoms with E-state index in [1.807, 2.05) is 13.0 Å². The molecule has 2 aromatic rings. The Kier molecular flexibility index (Phi) is 4.46. The minimum Gasteiger partial charge on any atom is -0.489 e. The van der Waals surface area contributed by atoms with Crippen LogP contribution in [0.3, 0.4) is 0 Å². The summed E-state index contributed by atoms with van der Waals surface area (Å²) in [6, 6.07) is 12.6. The maximum absolute atomic E-state index is 6.02. The second-order valence-electron chi connectivity index (χ2n) is 5.54. The van der Waals surface area contributed by atoms with Crippen molar-refractivity contribution in [2.75, 3.05) is 0 Å². The van der Waals surface area contributed by atoms with Crippen LogP contribution in [0.15, 0.2) is 36.4 Å². The number of hydrogen-bond acceptors (Lipinski definition) is 2. The summed E-state index contributed by atoms with van der Waals surface area (Å²) in [5.74, 6) is 0.879. The molecule has 106 valence electrons. The Morgan fingerprint density at radius 3 is 2.40 bits per heavy atom. The highest BCUT2D eigenvalue weighted by molar-refractivity contribution is 5.39. The van der Waals surface area contributed by atoms with E-state index in [9.17, 15) is 0 Å². The van der Waals surface area contributed by atoms with Crippen LogP contribution >= 0.6 is 0 Å². The molecule has 20 heavy (non-hydrogen) atoms. The van der Waals surface area contributed by atoms with Gasteiger partial charge in [0, 0.05) is 11.6 Å². The third-order valence-electron chi connectivity index (χ3n) is 3.62. The van der Waals surface area contributed by atoms with Gasteiger partial charge >= 0.3 is 0 Å². The number of hydrogen-bond donors (Lipinski definition) is 1. The summed E-state index contributed by atoms with van der Waals surface area (Å²) in [5, 5.41) is 0. The SMILES string of the molecule is Cc1ccc(OCc2ccc(C)c(C)c2)c(C(C)N)c1. The predicted octanol–water partition coefficient (Wildman–Crippen LogP) is 4.21. The molecule has 2 nitrogen and oxygen atoms in total. The summed E-state index contributed by atoms with van der Waals surface area (Å²) in [5.41, 5.74) is 12.1. The molecule has 0 aliphatic rings. The summed E-state index contributed by atoms with van der Waals surface area (Å²) in [7, 11) is 0. The first kappa shape index (κ1) is 14.6. The number of nitrogens with two attached hydrogens (primary N) is 1. The first-order valence-electron chi connectivity index (χ1n) is 7.02. The van der Waals surface area contributed by atoms with Gasteiger partial charge in [0.1, 0.15) is 12.4 Å². The minimum atomic E-state index is -0.0235. The van der Waals surface area contributed by atoms with Crippen LogP contribution in [-0.2, 0) is 6.61 Å². The molecule has 0 aliphatic carbocycles. The Morgan fingerprint density at radius 1 is 1.00 bits per heavy atom. The standard InChI is InChI=1S/C18H23NO/c1-12-5-8-18(17(9-12)15(4)19)20-11-16-7-6-13(2)14(3)10-16/h5-10,15H,11,19H2,1-4H3. The lowest BCUT2D eigenvalue weighted by atomic mass is 10.0. The van der Waals surface area contributed by atoms with Crippen LogP contribution in [0, 0.1) is 20.8 Å². The second kappa shape index (κ2) is 6.10. The largest absolute Gasteiger partial charge is 0.489 e. The van der Waals surface area contributed by atoms with E-state index < -0.39 is 0 Å². The van der Waals surface area contributed by atoms with Crippen LogP contribution in [0.1, 0.15) is 40.8 Å². The Labute approximate surface area is 121 Å². The molecule has 1 atom stereocenters. The van der Waals surface area contributed by atoms with Crippen molar-refractivity contribution >= 4 is 0 Å². The van der Waals surface area contributed by atoms with E-state index in [1.54, 1.807) is 0 Å². The third-order valence-corrected chi connectivity index (χ3v) is 3.62. The third kappa shape index (κ3) is 3.40. The molecule has 2 heteroatoms. The first-order valence-corrected chi connectivity index (χ1v) is 7.02. The van der Waals surface area contributed by atoms with Gasteiger partial charge in [0.2, 0.25) is 0 Å². The van der Waals surface area contributed by atoms with E-state index in [0.29, 0.717) is 6.61 Å². The second-order valence-corrected chi connectivity index (χ2v) is 5.54. The van der Waals surface area contributed by atoms with Gasteiger partial charge in [-0.05, 0) is 50.5 Å². The van der Waals surface area contributed by atoms with Gasteiger partial charge < -0.3 is 10.5 Å². The van der Waals surface area contributed by atoms with Gasteiger partial charge in [-0.25, -0.2) is 0 Å². The number of rotatable bonds is 4. The molecule has 0 saturated heterocycles. The highest BCUT2D eigenvalue weighted by Crippen LogP contribution is 2.26. The van der Waals surface area contributed by atoms with E-state index in [2.05, 4.69) is 51.1 Å². The van der Waals surface area contributed by atoms with Gasteiger partial charge in [-0.3, -0.25) is 0 Å². The molecule has 2 aromatic carbocycles. The molecule has 0 spiro atoms. The predicted molar refractivity (Wildman–Crippen MR) is 84.0 cm³/mol. The highest BCUT2D eigenvalue weighted by atomic mass is 16.5. The smallest absolute Gasteiger partial charge is 0.124 e. The summed E-state index contributed by atoms with van der Waals surface area (Å²) < 4.78 is 5.95. The zero-order valence-corrected chi connectivity index (χ0v) is 12.7. The Hall–Kier alpha value is -1.80. The van der Waals surface area contributed by atoms with Crippen LogP contribution in [0.5, 0.6) is 5.75 Å². The molecule has 0 aliphatic heterocycles. The van der Waals surface area contributed by atoms with Gasteiger partial charge in [-0.2, -0.15) is 0 Å². The summed E-state index contributed by atoms with van der Waals surface area (Å²) >= 11 is 0. The fraction of sp³-hybridized carbons (Fsp3) is 0.333. The summed E-state index contributed by atoms with van der Waals surface area (Å²) in [4.78, 5) is 0.